The van der Waals surface area contributed by atoms with Crippen molar-refractivity contribution in [2.24, 2.45) is 11.8 Å². The summed E-state index contributed by atoms with van der Waals surface area (Å²) in [5.41, 5.74) is 2.78. The van der Waals surface area contributed by atoms with Crippen molar-refractivity contribution in [3.05, 3.63) is 78.1 Å². The van der Waals surface area contributed by atoms with Crippen LogP contribution in [0.5, 0.6) is 0 Å². The van der Waals surface area contributed by atoms with Gasteiger partial charge in [0.25, 0.3) is 0 Å². The Labute approximate surface area is 166 Å². The van der Waals surface area contributed by atoms with Gasteiger partial charge < -0.3 is 14.7 Å². The van der Waals surface area contributed by atoms with Gasteiger partial charge >= 0.3 is 0 Å². The van der Waals surface area contributed by atoms with Crippen LogP contribution in [0.25, 0.3) is 5.57 Å². The molecule has 1 N–H and O–H groups in total. The van der Waals surface area contributed by atoms with E-state index in [2.05, 4.69) is 24.1 Å². The molecule has 146 valence electrons. The first kappa shape index (κ1) is 18.9. The highest BCUT2D eigenvalue weighted by atomic mass is 16.5. The SMILES string of the molecule is CN(Cc1ccccc1)CC1C(O)CCC2C(=O)C(c3ccccc3)=COC21. The molecule has 1 saturated carbocycles. The Morgan fingerprint density at radius 3 is 2.43 bits per heavy atom. The van der Waals surface area contributed by atoms with Crippen LogP contribution < -0.4 is 0 Å². The number of carbonyl (C=O) groups excluding carboxylic acids is 1. The first-order valence-electron chi connectivity index (χ1n) is 9.99. The van der Waals surface area contributed by atoms with Gasteiger partial charge in [0.2, 0.25) is 0 Å². The largest absolute Gasteiger partial charge is 0.496 e. The summed E-state index contributed by atoms with van der Waals surface area (Å²) in [6.07, 6.45) is 2.22. The molecule has 4 atom stereocenters. The molecule has 0 saturated heterocycles. The lowest BCUT2D eigenvalue weighted by Crippen LogP contribution is -2.51. The number of aliphatic hydroxyl groups excluding tert-OH is 1. The standard InChI is InChI=1S/C24H27NO3/c1-25(14-17-8-4-2-5-9-17)15-20-22(26)13-12-19-23(27)21(16-28-24(19)20)18-10-6-3-7-11-18/h2-11,16,19-20,22,24,26H,12-15H2,1H3. The van der Waals surface area contributed by atoms with Crippen LogP contribution in [0.1, 0.15) is 24.0 Å². The van der Waals surface area contributed by atoms with E-state index in [9.17, 15) is 9.90 Å². The Morgan fingerprint density at radius 2 is 1.71 bits per heavy atom. The monoisotopic (exact) mass is 377 g/mol. The molecule has 1 aliphatic heterocycles. The van der Waals surface area contributed by atoms with E-state index < -0.39 is 6.10 Å². The van der Waals surface area contributed by atoms with Gasteiger partial charge in [-0.25, -0.2) is 0 Å². The van der Waals surface area contributed by atoms with Gasteiger partial charge in [0, 0.05) is 19.0 Å². The lowest BCUT2D eigenvalue weighted by molar-refractivity contribution is -0.133. The van der Waals surface area contributed by atoms with Gasteiger partial charge in [0.1, 0.15) is 6.10 Å². The molecule has 0 bridgehead atoms. The predicted octanol–water partition coefficient (Wildman–Crippen LogP) is 3.51. The molecule has 4 nitrogen and oxygen atoms in total. The molecule has 2 aromatic rings. The van der Waals surface area contributed by atoms with Crippen molar-refractivity contribution in [1.82, 2.24) is 4.90 Å². The van der Waals surface area contributed by atoms with Crippen LogP contribution >= 0.6 is 0 Å². The van der Waals surface area contributed by atoms with Crippen LogP contribution in [-0.4, -0.2) is 41.6 Å². The van der Waals surface area contributed by atoms with E-state index >= 15 is 0 Å². The van der Waals surface area contributed by atoms with E-state index in [1.54, 1.807) is 6.26 Å². The van der Waals surface area contributed by atoms with Crippen LogP contribution in [0.3, 0.4) is 0 Å². The molecule has 1 aliphatic carbocycles. The zero-order valence-corrected chi connectivity index (χ0v) is 16.2. The molecule has 0 radical (unpaired) electrons. The second-order valence-electron chi connectivity index (χ2n) is 7.96. The van der Waals surface area contributed by atoms with Crippen LogP contribution in [0.15, 0.2) is 66.9 Å². The normalized spacial score (nSPS) is 27.1. The topological polar surface area (TPSA) is 49.8 Å². The molecule has 2 aliphatic rings. The number of benzene rings is 2. The highest BCUT2D eigenvalue weighted by molar-refractivity contribution is 6.22. The van der Waals surface area contributed by atoms with E-state index in [-0.39, 0.29) is 23.7 Å². The van der Waals surface area contributed by atoms with Gasteiger partial charge in [-0.3, -0.25) is 4.79 Å². The molecule has 0 aromatic heterocycles. The van der Waals surface area contributed by atoms with Crippen molar-refractivity contribution in [3.8, 4) is 0 Å². The van der Waals surface area contributed by atoms with E-state index in [0.29, 0.717) is 25.0 Å². The van der Waals surface area contributed by atoms with Crippen molar-refractivity contribution in [2.75, 3.05) is 13.6 Å². The number of hydrogen-bond acceptors (Lipinski definition) is 4. The van der Waals surface area contributed by atoms with Crippen molar-refractivity contribution < 1.29 is 14.6 Å². The fraction of sp³-hybridized carbons (Fsp3) is 0.375. The maximum Gasteiger partial charge on any atom is 0.173 e. The summed E-state index contributed by atoms with van der Waals surface area (Å²) in [6, 6.07) is 20.0. The van der Waals surface area contributed by atoms with Crippen LogP contribution in [-0.2, 0) is 16.1 Å². The van der Waals surface area contributed by atoms with E-state index in [1.807, 2.05) is 48.5 Å². The molecular weight excluding hydrogens is 350 g/mol. The maximum atomic E-state index is 13.1. The number of rotatable bonds is 5. The highest BCUT2D eigenvalue weighted by Gasteiger charge is 2.46. The number of nitrogens with zero attached hydrogens (tertiary/aromatic N) is 1. The van der Waals surface area contributed by atoms with Crippen LogP contribution in [0, 0.1) is 11.8 Å². The van der Waals surface area contributed by atoms with Crippen molar-refractivity contribution in [1.29, 1.82) is 0 Å². The predicted molar refractivity (Wildman–Crippen MR) is 109 cm³/mol. The second-order valence-corrected chi connectivity index (χ2v) is 7.96. The van der Waals surface area contributed by atoms with E-state index in [4.69, 9.17) is 4.74 Å². The van der Waals surface area contributed by atoms with Crippen molar-refractivity contribution in [3.63, 3.8) is 0 Å². The van der Waals surface area contributed by atoms with Gasteiger partial charge in [0.05, 0.1) is 23.9 Å². The second kappa shape index (κ2) is 8.29. The Balaban J connectivity index is 1.50. The molecule has 4 rings (SSSR count). The first-order valence-corrected chi connectivity index (χ1v) is 9.99. The summed E-state index contributed by atoms with van der Waals surface area (Å²) < 4.78 is 6.08. The van der Waals surface area contributed by atoms with Crippen LogP contribution in [0.2, 0.25) is 0 Å². The molecule has 1 heterocycles. The number of hydrogen-bond donors (Lipinski definition) is 1. The number of aliphatic hydroxyl groups is 1. The third-order valence-electron chi connectivity index (χ3n) is 5.93. The van der Waals surface area contributed by atoms with Crippen LogP contribution in [0.4, 0.5) is 0 Å². The molecule has 4 heteroatoms. The quantitative estimate of drug-likeness (QED) is 0.866. The molecule has 4 unspecified atom stereocenters. The maximum absolute atomic E-state index is 13.1. The third kappa shape index (κ3) is 3.89. The van der Waals surface area contributed by atoms with Gasteiger partial charge in [-0.05, 0) is 31.0 Å². The zero-order chi connectivity index (χ0) is 19.5. The summed E-state index contributed by atoms with van der Waals surface area (Å²) in [4.78, 5) is 15.3. The van der Waals surface area contributed by atoms with Gasteiger partial charge in [-0.15, -0.1) is 0 Å². The average molecular weight is 377 g/mol. The molecule has 2 aromatic carbocycles. The fourth-order valence-electron chi connectivity index (χ4n) is 4.50. The average Bonchev–Trinajstić information content (AvgIpc) is 2.72. The summed E-state index contributed by atoms with van der Waals surface area (Å²) in [7, 11) is 2.05. The summed E-state index contributed by atoms with van der Waals surface area (Å²) in [5, 5.41) is 10.7. The summed E-state index contributed by atoms with van der Waals surface area (Å²) in [6.45, 7) is 1.50. The minimum Gasteiger partial charge on any atom is -0.496 e. The summed E-state index contributed by atoms with van der Waals surface area (Å²) >= 11 is 0. The minimum absolute atomic E-state index is 0.0787. The first-order chi connectivity index (χ1) is 13.6. The highest BCUT2D eigenvalue weighted by Crippen LogP contribution is 2.39. The number of allylic oxidation sites excluding steroid dienone is 1. The molecule has 0 amide bonds. The van der Waals surface area contributed by atoms with E-state index in [0.717, 1.165) is 12.1 Å². The third-order valence-corrected chi connectivity index (χ3v) is 5.93. The fourth-order valence-corrected chi connectivity index (χ4v) is 4.50. The Kier molecular flexibility index (Phi) is 5.60. The molecule has 28 heavy (non-hydrogen) atoms. The number of Topliss-reactive ketones (excluding diaryl/α,β-unsaturated/α-hetero) is 1. The lowest BCUT2D eigenvalue weighted by Gasteiger charge is -2.43. The Bertz CT molecular complexity index is 833. The number of carbonyl (C=O) groups is 1. The van der Waals surface area contributed by atoms with E-state index in [1.165, 1.54) is 5.56 Å². The smallest absolute Gasteiger partial charge is 0.173 e. The number of ether oxygens (including phenoxy) is 1. The Morgan fingerprint density at radius 1 is 1.04 bits per heavy atom. The minimum atomic E-state index is -0.445. The summed E-state index contributed by atoms with van der Waals surface area (Å²) in [5.74, 6) is -0.117. The molecule has 1 fully saturated rings. The molecular formula is C24H27NO3. The van der Waals surface area contributed by atoms with Gasteiger partial charge in [0.15, 0.2) is 5.78 Å². The van der Waals surface area contributed by atoms with Gasteiger partial charge in [-0.2, -0.15) is 0 Å². The van der Waals surface area contributed by atoms with Crippen molar-refractivity contribution >= 4 is 11.4 Å². The van der Waals surface area contributed by atoms with Crippen molar-refractivity contribution in [2.45, 2.75) is 31.6 Å². The number of fused-ring (bicyclic) bond motifs is 1. The Hall–Kier alpha value is -2.43. The zero-order valence-electron chi connectivity index (χ0n) is 16.2. The lowest BCUT2D eigenvalue weighted by atomic mass is 9.72. The molecule has 0 spiro atoms. The van der Waals surface area contributed by atoms with Gasteiger partial charge in [-0.1, -0.05) is 60.7 Å². The number of ketones is 1.